The van der Waals surface area contributed by atoms with Gasteiger partial charge in [-0.1, -0.05) is 18.2 Å². The van der Waals surface area contributed by atoms with Gasteiger partial charge in [0.05, 0.1) is 36.2 Å². The Hall–Kier alpha value is -4.07. The molecule has 4 rings (SSSR count). The summed E-state index contributed by atoms with van der Waals surface area (Å²) in [6.45, 7) is 7.62. The Morgan fingerprint density at radius 2 is 1.85 bits per heavy atom. The first-order chi connectivity index (χ1) is 16.3. The predicted octanol–water partition coefficient (Wildman–Crippen LogP) is 4.44. The van der Waals surface area contributed by atoms with Gasteiger partial charge in [-0.05, 0) is 63.6 Å². The highest BCUT2D eigenvalue weighted by molar-refractivity contribution is 5.95. The zero-order chi connectivity index (χ0) is 24.4. The average Bonchev–Trinajstić information content (AvgIpc) is 3.25. The number of hydrogen-bond donors (Lipinski definition) is 2. The van der Waals surface area contributed by atoms with E-state index in [-0.39, 0.29) is 6.10 Å². The van der Waals surface area contributed by atoms with Gasteiger partial charge in [-0.25, -0.2) is 14.3 Å². The summed E-state index contributed by atoms with van der Waals surface area (Å²) in [4.78, 5) is 25.1. The van der Waals surface area contributed by atoms with Crippen molar-refractivity contribution in [1.29, 1.82) is 0 Å². The first-order valence-electron chi connectivity index (χ1n) is 11.1. The van der Waals surface area contributed by atoms with Gasteiger partial charge in [0.25, 0.3) is 0 Å². The summed E-state index contributed by atoms with van der Waals surface area (Å²) in [5.74, 6) is 0.272. The van der Waals surface area contributed by atoms with Crippen LogP contribution in [0.1, 0.15) is 37.9 Å². The highest BCUT2D eigenvalue weighted by Gasteiger charge is 2.35. The van der Waals surface area contributed by atoms with E-state index in [0.717, 1.165) is 22.6 Å². The largest absolute Gasteiger partial charge is 0.491 e. The number of urea groups is 1. The molecular formula is C26H28N4O4. The fourth-order valence-electron chi connectivity index (χ4n) is 4.03. The lowest BCUT2D eigenvalue weighted by molar-refractivity contribution is -0.136. The van der Waals surface area contributed by atoms with Crippen LogP contribution in [0.4, 0.5) is 4.79 Å². The van der Waals surface area contributed by atoms with Gasteiger partial charge in [0.2, 0.25) is 0 Å². The van der Waals surface area contributed by atoms with E-state index in [2.05, 4.69) is 10.6 Å². The third-order valence-electron chi connectivity index (χ3n) is 5.56. The summed E-state index contributed by atoms with van der Waals surface area (Å²) in [7, 11) is 1.32. The van der Waals surface area contributed by atoms with Crippen molar-refractivity contribution in [3.05, 3.63) is 77.1 Å². The number of carbonyl (C=O) groups is 2. The number of aryl methyl sites for hydroxylation is 1. The number of hydrogen-bond acceptors (Lipinski definition) is 5. The van der Waals surface area contributed by atoms with Crippen molar-refractivity contribution in [2.24, 2.45) is 0 Å². The van der Waals surface area contributed by atoms with Crippen molar-refractivity contribution in [3.63, 3.8) is 0 Å². The first kappa shape index (κ1) is 23.1. The molecule has 0 aliphatic carbocycles. The van der Waals surface area contributed by atoms with Crippen molar-refractivity contribution >= 4 is 12.0 Å². The molecule has 2 heterocycles. The Kier molecular flexibility index (Phi) is 6.40. The molecule has 1 aromatic heterocycles. The van der Waals surface area contributed by atoms with Gasteiger partial charge in [0, 0.05) is 23.0 Å². The van der Waals surface area contributed by atoms with Crippen molar-refractivity contribution in [2.75, 3.05) is 7.11 Å². The van der Waals surface area contributed by atoms with Crippen LogP contribution in [-0.4, -0.2) is 35.0 Å². The Labute approximate surface area is 198 Å². The van der Waals surface area contributed by atoms with Gasteiger partial charge in [-0.2, -0.15) is 5.10 Å². The zero-order valence-corrected chi connectivity index (χ0v) is 19.9. The van der Waals surface area contributed by atoms with Gasteiger partial charge in [0.15, 0.2) is 0 Å². The number of para-hydroxylation sites is 1. The van der Waals surface area contributed by atoms with Crippen LogP contribution in [0.15, 0.2) is 66.0 Å². The number of esters is 1. The average molecular weight is 461 g/mol. The lowest BCUT2D eigenvalue weighted by atomic mass is 9.93. The number of carbonyl (C=O) groups excluding carboxylic acids is 2. The quantitative estimate of drug-likeness (QED) is 0.531. The Balaban J connectivity index is 1.89. The summed E-state index contributed by atoms with van der Waals surface area (Å²) >= 11 is 0. The normalized spacial score (nSPS) is 15.7. The minimum atomic E-state index is -0.736. The maximum Gasteiger partial charge on any atom is 0.337 e. The van der Waals surface area contributed by atoms with E-state index in [1.54, 1.807) is 11.6 Å². The highest BCUT2D eigenvalue weighted by Crippen LogP contribution is 2.36. The fraction of sp³-hybridized carbons (Fsp3) is 0.269. The molecule has 1 atom stereocenters. The van der Waals surface area contributed by atoms with E-state index in [1.807, 2.05) is 75.5 Å². The molecule has 2 N–H and O–H groups in total. The number of methoxy groups -OCH3 is 1. The second-order valence-corrected chi connectivity index (χ2v) is 8.42. The van der Waals surface area contributed by atoms with E-state index in [4.69, 9.17) is 14.6 Å². The van der Waals surface area contributed by atoms with Crippen LogP contribution in [0.3, 0.4) is 0 Å². The number of nitrogens with one attached hydrogen (secondary N) is 2. The van der Waals surface area contributed by atoms with Crippen molar-refractivity contribution in [1.82, 2.24) is 20.4 Å². The van der Waals surface area contributed by atoms with Crippen LogP contribution in [0.2, 0.25) is 0 Å². The van der Waals surface area contributed by atoms with Crippen LogP contribution in [0.5, 0.6) is 5.75 Å². The van der Waals surface area contributed by atoms with Crippen molar-refractivity contribution in [3.8, 4) is 22.7 Å². The number of aromatic nitrogens is 2. The molecule has 2 amide bonds. The molecule has 8 nitrogen and oxygen atoms in total. The third kappa shape index (κ3) is 4.52. The summed E-state index contributed by atoms with van der Waals surface area (Å²) in [5.41, 5.74) is 4.74. The number of allylic oxidation sites excluding steroid dienone is 1. The molecule has 2 aromatic carbocycles. The monoisotopic (exact) mass is 460 g/mol. The van der Waals surface area contributed by atoms with E-state index >= 15 is 0 Å². The maximum atomic E-state index is 12.7. The standard InChI is InChI=1S/C26H28N4O4/c1-15(2)34-21-12-11-18(13-16(21)3)23-20(14-30(29-23)19-9-7-6-8-10-19)24-22(25(31)33-5)17(4)27-26(32)28-24/h6-15,24H,1-5H3,(H2,27,28,32)/t24-/m1/s1. The zero-order valence-electron chi connectivity index (χ0n) is 19.9. The number of ether oxygens (including phenoxy) is 2. The van der Waals surface area contributed by atoms with Crippen LogP contribution >= 0.6 is 0 Å². The Morgan fingerprint density at radius 3 is 2.50 bits per heavy atom. The molecule has 176 valence electrons. The molecule has 8 heteroatoms. The van der Waals surface area contributed by atoms with E-state index in [9.17, 15) is 9.59 Å². The SMILES string of the molecule is COC(=O)C1=C(C)NC(=O)N[C@@H]1c1cn(-c2ccccc2)nc1-c1ccc(OC(C)C)c(C)c1. The lowest BCUT2D eigenvalue weighted by Crippen LogP contribution is -2.45. The molecule has 0 spiro atoms. The summed E-state index contributed by atoms with van der Waals surface area (Å²) in [5, 5.41) is 10.4. The second-order valence-electron chi connectivity index (χ2n) is 8.42. The number of nitrogens with zero attached hydrogens (tertiary/aromatic N) is 2. The lowest BCUT2D eigenvalue weighted by Gasteiger charge is -2.27. The number of amides is 2. The van der Waals surface area contributed by atoms with Crippen molar-refractivity contribution < 1.29 is 19.1 Å². The van der Waals surface area contributed by atoms with E-state index in [0.29, 0.717) is 22.5 Å². The van der Waals surface area contributed by atoms with Gasteiger partial charge >= 0.3 is 12.0 Å². The first-order valence-corrected chi connectivity index (χ1v) is 11.1. The number of rotatable bonds is 6. The van der Waals surface area contributed by atoms with Crippen LogP contribution in [0.25, 0.3) is 16.9 Å². The van der Waals surface area contributed by atoms with Gasteiger partial charge in [0.1, 0.15) is 5.75 Å². The molecule has 0 saturated carbocycles. The topological polar surface area (TPSA) is 94.5 Å². The third-order valence-corrected chi connectivity index (χ3v) is 5.56. The van der Waals surface area contributed by atoms with Crippen molar-refractivity contribution in [2.45, 2.75) is 39.8 Å². The molecule has 1 aliphatic rings. The molecule has 0 radical (unpaired) electrons. The maximum absolute atomic E-state index is 12.7. The number of benzene rings is 2. The van der Waals surface area contributed by atoms with Gasteiger partial charge < -0.3 is 20.1 Å². The highest BCUT2D eigenvalue weighted by atomic mass is 16.5. The van der Waals surface area contributed by atoms with E-state index < -0.39 is 18.0 Å². The smallest absolute Gasteiger partial charge is 0.337 e. The molecule has 1 aliphatic heterocycles. The van der Waals surface area contributed by atoms with Crippen LogP contribution in [-0.2, 0) is 9.53 Å². The minimum absolute atomic E-state index is 0.0538. The van der Waals surface area contributed by atoms with Crippen LogP contribution in [0, 0.1) is 6.92 Å². The Morgan fingerprint density at radius 1 is 1.12 bits per heavy atom. The summed E-state index contributed by atoms with van der Waals surface area (Å²) < 4.78 is 12.7. The van der Waals surface area contributed by atoms with Gasteiger partial charge in [-0.15, -0.1) is 0 Å². The second kappa shape index (κ2) is 9.43. The molecule has 0 bridgehead atoms. The minimum Gasteiger partial charge on any atom is -0.491 e. The van der Waals surface area contributed by atoms with E-state index in [1.165, 1.54) is 7.11 Å². The molecule has 34 heavy (non-hydrogen) atoms. The Bertz CT molecular complexity index is 1260. The molecule has 3 aromatic rings. The van der Waals surface area contributed by atoms with Crippen LogP contribution < -0.4 is 15.4 Å². The summed E-state index contributed by atoms with van der Waals surface area (Å²) in [6, 6.07) is 14.4. The molecule has 0 fully saturated rings. The fourth-order valence-corrected chi connectivity index (χ4v) is 4.03. The van der Waals surface area contributed by atoms with Gasteiger partial charge in [-0.3, -0.25) is 0 Å². The molecule has 0 saturated heterocycles. The summed E-state index contributed by atoms with van der Waals surface area (Å²) in [6.07, 6.45) is 1.89. The molecular weight excluding hydrogens is 432 g/mol. The molecule has 0 unspecified atom stereocenters. The predicted molar refractivity (Wildman–Crippen MR) is 129 cm³/mol.